The van der Waals surface area contributed by atoms with E-state index in [0.29, 0.717) is 0 Å². The standard InChI is InChI=1S/C14H24N2OS/c1-4-15-8-14-11(2)7-13(17-14)10-16-5-6-18-12(3)9-16/h7,12,15H,4-6,8-10H2,1-3H3. The molecule has 1 aromatic heterocycles. The Kier molecular flexibility index (Phi) is 5.15. The summed E-state index contributed by atoms with van der Waals surface area (Å²) in [6.07, 6.45) is 0. The molecule has 2 heterocycles. The van der Waals surface area contributed by atoms with Crippen LogP contribution in [0.5, 0.6) is 0 Å². The van der Waals surface area contributed by atoms with Gasteiger partial charge in [0, 0.05) is 24.1 Å². The summed E-state index contributed by atoms with van der Waals surface area (Å²) < 4.78 is 5.94. The highest BCUT2D eigenvalue weighted by molar-refractivity contribution is 7.99. The molecule has 2 rings (SSSR count). The lowest BCUT2D eigenvalue weighted by Crippen LogP contribution is -2.35. The lowest BCUT2D eigenvalue weighted by molar-refractivity contribution is 0.251. The van der Waals surface area contributed by atoms with Gasteiger partial charge in [-0.25, -0.2) is 0 Å². The number of hydrogen-bond donors (Lipinski definition) is 1. The number of rotatable bonds is 5. The van der Waals surface area contributed by atoms with Crippen LogP contribution in [-0.4, -0.2) is 35.5 Å². The van der Waals surface area contributed by atoms with Crippen LogP contribution in [-0.2, 0) is 13.1 Å². The Labute approximate surface area is 114 Å². The van der Waals surface area contributed by atoms with Crippen molar-refractivity contribution in [3.63, 3.8) is 0 Å². The topological polar surface area (TPSA) is 28.4 Å². The molecule has 0 aliphatic carbocycles. The van der Waals surface area contributed by atoms with E-state index < -0.39 is 0 Å². The van der Waals surface area contributed by atoms with E-state index in [0.717, 1.165) is 36.4 Å². The van der Waals surface area contributed by atoms with Gasteiger partial charge in [-0.15, -0.1) is 0 Å². The SMILES string of the molecule is CCNCc1oc(CN2CCSC(C)C2)cc1C. The zero-order chi connectivity index (χ0) is 13.0. The average molecular weight is 268 g/mol. The summed E-state index contributed by atoms with van der Waals surface area (Å²) in [5, 5.41) is 4.07. The summed E-state index contributed by atoms with van der Waals surface area (Å²) in [5.74, 6) is 3.44. The van der Waals surface area contributed by atoms with Crippen LogP contribution in [0.3, 0.4) is 0 Å². The van der Waals surface area contributed by atoms with Crippen LogP contribution < -0.4 is 5.32 Å². The van der Waals surface area contributed by atoms with E-state index in [1.54, 1.807) is 0 Å². The van der Waals surface area contributed by atoms with Crippen molar-refractivity contribution >= 4 is 11.8 Å². The quantitative estimate of drug-likeness (QED) is 0.888. The number of thioether (sulfide) groups is 1. The second-order valence-corrected chi connectivity index (χ2v) is 6.56. The molecule has 0 aromatic carbocycles. The van der Waals surface area contributed by atoms with Crippen molar-refractivity contribution in [1.29, 1.82) is 0 Å². The molecule has 18 heavy (non-hydrogen) atoms. The van der Waals surface area contributed by atoms with Crippen LogP contribution >= 0.6 is 11.8 Å². The molecule has 1 fully saturated rings. The molecule has 0 saturated carbocycles. The Balaban J connectivity index is 1.92. The van der Waals surface area contributed by atoms with Gasteiger partial charge in [0.2, 0.25) is 0 Å². The van der Waals surface area contributed by atoms with E-state index in [-0.39, 0.29) is 0 Å². The van der Waals surface area contributed by atoms with Crippen LogP contribution in [0.25, 0.3) is 0 Å². The van der Waals surface area contributed by atoms with Gasteiger partial charge in [0.05, 0.1) is 13.1 Å². The molecule has 1 atom stereocenters. The van der Waals surface area contributed by atoms with Crippen molar-refractivity contribution in [1.82, 2.24) is 10.2 Å². The van der Waals surface area contributed by atoms with Gasteiger partial charge in [-0.2, -0.15) is 11.8 Å². The third-order valence-corrected chi connectivity index (χ3v) is 4.45. The lowest BCUT2D eigenvalue weighted by Gasteiger charge is -2.29. The normalized spacial score (nSPS) is 21.4. The van der Waals surface area contributed by atoms with Gasteiger partial charge < -0.3 is 9.73 Å². The van der Waals surface area contributed by atoms with Crippen molar-refractivity contribution in [3.8, 4) is 0 Å². The van der Waals surface area contributed by atoms with Crippen LogP contribution in [0.1, 0.15) is 30.9 Å². The Bertz CT molecular complexity index is 378. The van der Waals surface area contributed by atoms with E-state index in [2.05, 4.69) is 48.8 Å². The summed E-state index contributed by atoms with van der Waals surface area (Å²) in [4.78, 5) is 2.50. The molecule has 1 aromatic rings. The second-order valence-electron chi connectivity index (χ2n) is 5.02. The monoisotopic (exact) mass is 268 g/mol. The van der Waals surface area contributed by atoms with Crippen LogP contribution in [0.2, 0.25) is 0 Å². The van der Waals surface area contributed by atoms with Gasteiger partial charge in [-0.05, 0) is 25.1 Å². The Morgan fingerprint density at radius 3 is 3.11 bits per heavy atom. The molecule has 1 unspecified atom stereocenters. The predicted molar refractivity (Wildman–Crippen MR) is 78.0 cm³/mol. The Morgan fingerprint density at radius 1 is 1.56 bits per heavy atom. The summed E-state index contributed by atoms with van der Waals surface area (Å²) in [6.45, 7) is 11.7. The molecule has 1 aliphatic rings. The van der Waals surface area contributed by atoms with Crippen molar-refractivity contribution in [3.05, 3.63) is 23.2 Å². The van der Waals surface area contributed by atoms with E-state index in [1.165, 1.54) is 24.4 Å². The van der Waals surface area contributed by atoms with Crippen LogP contribution in [0.4, 0.5) is 0 Å². The zero-order valence-corrected chi connectivity index (χ0v) is 12.5. The predicted octanol–water partition coefficient (Wildman–Crippen LogP) is 2.63. The van der Waals surface area contributed by atoms with Crippen molar-refractivity contribution < 1.29 is 4.42 Å². The highest BCUT2D eigenvalue weighted by Crippen LogP contribution is 2.21. The molecular formula is C14H24N2OS. The zero-order valence-electron chi connectivity index (χ0n) is 11.7. The fourth-order valence-corrected chi connectivity index (χ4v) is 3.42. The number of hydrogen-bond acceptors (Lipinski definition) is 4. The maximum Gasteiger partial charge on any atom is 0.120 e. The summed E-state index contributed by atoms with van der Waals surface area (Å²) in [7, 11) is 0. The van der Waals surface area contributed by atoms with Gasteiger partial charge in [0.25, 0.3) is 0 Å². The van der Waals surface area contributed by atoms with E-state index in [9.17, 15) is 0 Å². The summed E-state index contributed by atoms with van der Waals surface area (Å²) >= 11 is 2.07. The Morgan fingerprint density at radius 2 is 2.39 bits per heavy atom. The fourth-order valence-electron chi connectivity index (χ4n) is 2.34. The molecule has 4 heteroatoms. The molecule has 0 spiro atoms. The van der Waals surface area contributed by atoms with Crippen molar-refractivity contribution in [2.24, 2.45) is 0 Å². The summed E-state index contributed by atoms with van der Waals surface area (Å²) in [5.41, 5.74) is 1.27. The largest absolute Gasteiger partial charge is 0.463 e. The van der Waals surface area contributed by atoms with Crippen molar-refractivity contribution in [2.75, 3.05) is 25.4 Å². The van der Waals surface area contributed by atoms with Crippen LogP contribution in [0, 0.1) is 6.92 Å². The average Bonchev–Trinajstić information content (AvgIpc) is 2.67. The van der Waals surface area contributed by atoms with Gasteiger partial charge in [-0.3, -0.25) is 4.90 Å². The van der Waals surface area contributed by atoms with Gasteiger partial charge in [0.1, 0.15) is 11.5 Å². The van der Waals surface area contributed by atoms with E-state index in [4.69, 9.17) is 4.42 Å². The molecule has 3 nitrogen and oxygen atoms in total. The highest BCUT2D eigenvalue weighted by Gasteiger charge is 2.18. The first-order valence-corrected chi connectivity index (χ1v) is 7.86. The first-order valence-electron chi connectivity index (χ1n) is 6.82. The molecule has 0 amide bonds. The van der Waals surface area contributed by atoms with E-state index >= 15 is 0 Å². The first-order chi connectivity index (χ1) is 8.69. The summed E-state index contributed by atoms with van der Waals surface area (Å²) in [6, 6.07) is 2.19. The molecule has 1 aliphatic heterocycles. The van der Waals surface area contributed by atoms with Crippen LogP contribution in [0.15, 0.2) is 10.5 Å². The molecule has 1 N–H and O–H groups in total. The number of furan rings is 1. The minimum absolute atomic E-state index is 0.746. The minimum atomic E-state index is 0.746. The lowest BCUT2D eigenvalue weighted by atomic mass is 10.2. The Hall–Kier alpha value is -0.450. The van der Waals surface area contributed by atoms with Gasteiger partial charge in [0.15, 0.2) is 0 Å². The minimum Gasteiger partial charge on any atom is -0.463 e. The highest BCUT2D eigenvalue weighted by atomic mass is 32.2. The first kappa shape index (κ1) is 14.0. The number of aryl methyl sites for hydroxylation is 1. The third kappa shape index (κ3) is 3.77. The van der Waals surface area contributed by atoms with E-state index in [1.807, 2.05) is 0 Å². The van der Waals surface area contributed by atoms with Gasteiger partial charge >= 0.3 is 0 Å². The third-order valence-electron chi connectivity index (χ3n) is 3.31. The number of nitrogens with zero attached hydrogens (tertiary/aromatic N) is 1. The van der Waals surface area contributed by atoms with Crippen molar-refractivity contribution in [2.45, 2.75) is 39.1 Å². The second kappa shape index (κ2) is 6.64. The number of nitrogens with one attached hydrogen (secondary N) is 1. The fraction of sp³-hybridized carbons (Fsp3) is 0.714. The van der Waals surface area contributed by atoms with Gasteiger partial charge in [-0.1, -0.05) is 13.8 Å². The molecule has 0 radical (unpaired) electrons. The molecular weight excluding hydrogens is 244 g/mol. The molecule has 0 bridgehead atoms. The maximum atomic E-state index is 5.94. The smallest absolute Gasteiger partial charge is 0.120 e. The maximum absolute atomic E-state index is 5.94. The molecule has 1 saturated heterocycles. The molecule has 102 valence electrons.